The second-order valence-corrected chi connectivity index (χ2v) is 8.11. The number of hydrogen-bond acceptors (Lipinski definition) is 5. The van der Waals surface area contributed by atoms with Gasteiger partial charge in [-0.1, -0.05) is 12.8 Å². The molecule has 0 aromatic rings. The highest BCUT2D eigenvalue weighted by atomic mass is 32.2. The number of aliphatic hydroxyl groups is 1. The smallest absolute Gasteiger partial charge is 0.221 e. The Balaban J connectivity index is 1.72. The number of sulfone groups is 1. The van der Waals surface area contributed by atoms with Gasteiger partial charge in [0.25, 0.3) is 0 Å². The lowest BCUT2D eigenvalue weighted by Crippen LogP contribution is -2.48. The van der Waals surface area contributed by atoms with E-state index in [1.807, 2.05) is 0 Å². The van der Waals surface area contributed by atoms with Gasteiger partial charge in [0.05, 0.1) is 17.6 Å². The normalized spacial score (nSPS) is 33.5. The SMILES string of the molecule is O=C(CC1CS(=O)(=O)CCN1)NCC1CCCCC1O. The maximum absolute atomic E-state index is 11.8. The summed E-state index contributed by atoms with van der Waals surface area (Å²) in [5, 5.41) is 15.7. The van der Waals surface area contributed by atoms with Gasteiger partial charge < -0.3 is 15.7 Å². The van der Waals surface area contributed by atoms with Crippen LogP contribution in [0.1, 0.15) is 32.1 Å². The predicted octanol–water partition coefficient (Wildman–Crippen LogP) is -0.570. The fourth-order valence-electron chi connectivity index (χ4n) is 2.97. The zero-order valence-corrected chi connectivity index (χ0v) is 12.5. The van der Waals surface area contributed by atoms with Crippen molar-refractivity contribution in [2.24, 2.45) is 5.92 Å². The van der Waals surface area contributed by atoms with E-state index < -0.39 is 9.84 Å². The lowest BCUT2D eigenvalue weighted by molar-refractivity contribution is -0.121. The standard InChI is InChI=1S/C13H24N2O4S/c16-12-4-2-1-3-10(12)8-15-13(17)7-11-9-20(18,19)6-5-14-11/h10-12,14,16H,1-9H2,(H,15,17). The molecule has 3 N–H and O–H groups in total. The Labute approximate surface area is 120 Å². The Morgan fingerprint density at radius 3 is 2.75 bits per heavy atom. The first-order valence-electron chi connectivity index (χ1n) is 7.35. The second kappa shape index (κ2) is 6.87. The van der Waals surface area contributed by atoms with E-state index in [1.54, 1.807) is 0 Å². The zero-order valence-electron chi connectivity index (χ0n) is 11.7. The van der Waals surface area contributed by atoms with Gasteiger partial charge in [0, 0.05) is 31.5 Å². The van der Waals surface area contributed by atoms with Crippen LogP contribution < -0.4 is 10.6 Å². The predicted molar refractivity (Wildman–Crippen MR) is 76.0 cm³/mol. The first-order valence-corrected chi connectivity index (χ1v) is 9.17. The van der Waals surface area contributed by atoms with Crippen molar-refractivity contribution >= 4 is 15.7 Å². The minimum absolute atomic E-state index is 0.0342. The highest BCUT2D eigenvalue weighted by Gasteiger charge is 2.27. The summed E-state index contributed by atoms with van der Waals surface area (Å²) in [6.07, 6.45) is 3.76. The molecule has 2 rings (SSSR count). The Morgan fingerprint density at radius 2 is 2.05 bits per heavy atom. The third-order valence-electron chi connectivity index (χ3n) is 4.16. The van der Waals surface area contributed by atoms with Gasteiger partial charge in [0.2, 0.25) is 5.91 Å². The second-order valence-electron chi connectivity index (χ2n) is 5.89. The summed E-state index contributed by atoms with van der Waals surface area (Å²) in [5.74, 6) is 0.180. The van der Waals surface area contributed by atoms with E-state index >= 15 is 0 Å². The average Bonchev–Trinajstić information content (AvgIpc) is 2.36. The van der Waals surface area contributed by atoms with E-state index in [4.69, 9.17) is 0 Å². The van der Waals surface area contributed by atoms with Crippen molar-refractivity contribution in [3.05, 3.63) is 0 Å². The minimum atomic E-state index is -3.00. The molecule has 3 atom stereocenters. The monoisotopic (exact) mass is 304 g/mol. The molecular weight excluding hydrogens is 280 g/mol. The van der Waals surface area contributed by atoms with Gasteiger partial charge >= 0.3 is 0 Å². The summed E-state index contributed by atoms with van der Waals surface area (Å²) in [7, 11) is -3.00. The van der Waals surface area contributed by atoms with Crippen LogP contribution in [0.2, 0.25) is 0 Å². The molecular formula is C13H24N2O4S. The number of carbonyl (C=O) groups excluding carboxylic acids is 1. The number of carbonyl (C=O) groups is 1. The molecule has 3 unspecified atom stereocenters. The van der Waals surface area contributed by atoms with Crippen molar-refractivity contribution in [2.75, 3.05) is 24.6 Å². The molecule has 0 bridgehead atoms. The highest BCUT2D eigenvalue weighted by Crippen LogP contribution is 2.23. The van der Waals surface area contributed by atoms with Gasteiger partial charge in [-0.15, -0.1) is 0 Å². The van der Waals surface area contributed by atoms with Gasteiger partial charge in [-0.05, 0) is 12.8 Å². The van der Waals surface area contributed by atoms with Crippen molar-refractivity contribution in [3.63, 3.8) is 0 Å². The third-order valence-corrected chi connectivity index (χ3v) is 5.90. The van der Waals surface area contributed by atoms with Crippen LogP contribution in [0.25, 0.3) is 0 Å². The van der Waals surface area contributed by atoms with Crippen LogP contribution in [0.15, 0.2) is 0 Å². The molecule has 2 fully saturated rings. The summed E-state index contributed by atoms with van der Waals surface area (Å²) in [5.41, 5.74) is 0. The zero-order chi connectivity index (χ0) is 14.6. The minimum Gasteiger partial charge on any atom is -0.393 e. The largest absolute Gasteiger partial charge is 0.393 e. The van der Waals surface area contributed by atoms with Crippen molar-refractivity contribution in [1.82, 2.24) is 10.6 Å². The van der Waals surface area contributed by atoms with Crippen molar-refractivity contribution in [2.45, 2.75) is 44.2 Å². The Kier molecular flexibility index (Phi) is 5.40. The maximum Gasteiger partial charge on any atom is 0.221 e. The molecule has 0 aromatic carbocycles. The van der Waals surface area contributed by atoms with Gasteiger partial charge in [-0.25, -0.2) is 8.42 Å². The van der Waals surface area contributed by atoms with Crippen LogP contribution in [-0.2, 0) is 14.6 Å². The number of hydrogen-bond donors (Lipinski definition) is 3. The molecule has 1 saturated heterocycles. The van der Waals surface area contributed by atoms with Gasteiger partial charge in [-0.2, -0.15) is 0 Å². The van der Waals surface area contributed by atoms with Crippen molar-refractivity contribution in [3.8, 4) is 0 Å². The Hall–Kier alpha value is -0.660. The molecule has 0 aromatic heterocycles. The van der Waals surface area contributed by atoms with Crippen LogP contribution in [0.5, 0.6) is 0 Å². The summed E-state index contributed by atoms with van der Waals surface area (Å²) < 4.78 is 23.0. The molecule has 1 heterocycles. The topological polar surface area (TPSA) is 95.5 Å². The quantitative estimate of drug-likeness (QED) is 0.646. The molecule has 116 valence electrons. The first-order chi connectivity index (χ1) is 9.46. The molecule has 7 heteroatoms. The van der Waals surface area contributed by atoms with Crippen molar-refractivity contribution < 1.29 is 18.3 Å². The first kappa shape index (κ1) is 15.7. The van der Waals surface area contributed by atoms with E-state index in [1.165, 1.54) is 0 Å². The Morgan fingerprint density at radius 1 is 1.30 bits per heavy atom. The number of rotatable bonds is 4. The fourth-order valence-corrected chi connectivity index (χ4v) is 4.41. The maximum atomic E-state index is 11.8. The lowest BCUT2D eigenvalue weighted by atomic mass is 9.86. The fraction of sp³-hybridized carbons (Fsp3) is 0.923. The molecule has 6 nitrogen and oxygen atoms in total. The summed E-state index contributed by atoms with van der Waals surface area (Å²) in [6.45, 7) is 0.904. The van der Waals surface area contributed by atoms with Crippen LogP contribution in [0.4, 0.5) is 0 Å². The molecule has 1 aliphatic heterocycles. The molecule has 0 radical (unpaired) electrons. The highest BCUT2D eigenvalue weighted by molar-refractivity contribution is 7.91. The molecule has 1 saturated carbocycles. The van der Waals surface area contributed by atoms with Crippen LogP contribution in [-0.4, -0.2) is 56.2 Å². The molecule has 0 spiro atoms. The van der Waals surface area contributed by atoms with E-state index in [9.17, 15) is 18.3 Å². The molecule has 20 heavy (non-hydrogen) atoms. The van der Waals surface area contributed by atoms with Crippen molar-refractivity contribution in [1.29, 1.82) is 0 Å². The van der Waals surface area contributed by atoms with Gasteiger partial charge in [0.15, 0.2) is 9.84 Å². The Bertz CT molecular complexity index is 438. The van der Waals surface area contributed by atoms with E-state index in [0.717, 1.165) is 25.7 Å². The molecule has 2 aliphatic rings. The summed E-state index contributed by atoms with van der Waals surface area (Å²) in [6, 6.07) is -0.287. The van der Waals surface area contributed by atoms with Gasteiger partial charge in [-0.3, -0.25) is 4.79 Å². The van der Waals surface area contributed by atoms with Crippen LogP contribution >= 0.6 is 0 Å². The lowest BCUT2D eigenvalue weighted by Gasteiger charge is -2.28. The molecule has 1 amide bonds. The summed E-state index contributed by atoms with van der Waals surface area (Å²) >= 11 is 0. The van der Waals surface area contributed by atoms with Crippen LogP contribution in [0.3, 0.4) is 0 Å². The van der Waals surface area contributed by atoms with E-state index in [0.29, 0.717) is 13.1 Å². The number of amides is 1. The molecule has 1 aliphatic carbocycles. The van der Waals surface area contributed by atoms with E-state index in [-0.39, 0.29) is 41.9 Å². The third kappa shape index (κ3) is 4.71. The average molecular weight is 304 g/mol. The number of aliphatic hydroxyl groups excluding tert-OH is 1. The summed E-state index contributed by atoms with van der Waals surface area (Å²) in [4.78, 5) is 11.8. The number of nitrogens with one attached hydrogen (secondary N) is 2. The van der Waals surface area contributed by atoms with Gasteiger partial charge in [0.1, 0.15) is 0 Å². The van der Waals surface area contributed by atoms with Crippen LogP contribution in [0, 0.1) is 5.92 Å². The van der Waals surface area contributed by atoms with E-state index in [2.05, 4.69) is 10.6 Å².